The van der Waals surface area contributed by atoms with Crippen molar-refractivity contribution < 1.29 is 22.9 Å². The third kappa shape index (κ3) is 7.12. The lowest BCUT2D eigenvalue weighted by Crippen LogP contribution is -2.47. The number of carbonyl (C=O) groups excluding carboxylic acids is 2. The zero-order valence-corrected chi connectivity index (χ0v) is 22.5. The lowest BCUT2D eigenvalue weighted by atomic mass is 10.0. The minimum atomic E-state index is -4.08. The molecule has 0 saturated heterocycles. The summed E-state index contributed by atoms with van der Waals surface area (Å²) in [7, 11) is -2.75. The topological polar surface area (TPSA) is 139 Å². The number of sulfonamides is 1. The van der Waals surface area contributed by atoms with Crippen LogP contribution < -0.4 is 10.6 Å². The van der Waals surface area contributed by atoms with E-state index in [1.165, 1.54) is 36.6 Å². The Hall–Kier alpha value is -3.35. The molecule has 1 aromatic heterocycles. The average molecular weight is 547 g/mol. The van der Waals surface area contributed by atoms with E-state index in [0.29, 0.717) is 11.3 Å². The zero-order valence-electron chi connectivity index (χ0n) is 20.8. The zero-order chi connectivity index (χ0) is 27.2. The predicted octanol–water partition coefficient (Wildman–Crippen LogP) is 3.78. The van der Waals surface area contributed by atoms with E-state index in [1.807, 2.05) is 38.1 Å². The summed E-state index contributed by atoms with van der Waals surface area (Å²) < 4.78 is 27.7. The summed E-state index contributed by atoms with van der Waals surface area (Å²) in [4.78, 5) is 36.3. The van der Waals surface area contributed by atoms with Crippen molar-refractivity contribution in [2.45, 2.75) is 37.6 Å². The summed E-state index contributed by atoms with van der Waals surface area (Å²) in [6.45, 7) is 4.11. The number of thiophene rings is 1. The minimum absolute atomic E-state index is 0.0393. The van der Waals surface area contributed by atoms with Gasteiger partial charge in [-0.25, -0.2) is 12.7 Å². The van der Waals surface area contributed by atoms with Crippen LogP contribution in [0.5, 0.6) is 0 Å². The van der Waals surface area contributed by atoms with Crippen LogP contribution in [-0.4, -0.2) is 55.6 Å². The number of fused-ring (bicyclic) bond motifs is 1. The number of hydrogen-bond acceptors (Lipinski definition) is 7. The minimum Gasteiger partial charge on any atom is -0.354 e. The molecule has 0 aliphatic heterocycles. The molecule has 10 nitrogen and oxygen atoms in total. The van der Waals surface area contributed by atoms with Gasteiger partial charge >= 0.3 is 0 Å². The van der Waals surface area contributed by atoms with E-state index in [-0.39, 0.29) is 42.1 Å². The molecule has 1 heterocycles. The van der Waals surface area contributed by atoms with Gasteiger partial charge < -0.3 is 10.6 Å². The summed E-state index contributed by atoms with van der Waals surface area (Å²) in [5.74, 6) is -0.527. The molecule has 2 aromatic carbocycles. The van der Waals surface area contributed by atoms with Gasteiger partial charge in [-0.3, -0.25) is 19.7 Å². The van der Waals surface area contributed by atoms with Gasteiger partial charge in [0.2, 0.25) is 15.9 Å². The second-order valence-electron chi connectivity index (χ2n) is 9.00. The molecule has 12 heteroatoms. The molecular formula is C25H30N4O6S2. The number of nitro benzene ring substituents is 1. The van der Waals surface area contributed by atoms with Crippen molar-refractivity contribution in [3.8, 4) is 0 Å². The standard InChI is InChI=1S/C25H30N4O6S2/c1-17(2)15-19(27-25(31)22-16-18-9-4-6-11-21(18)36-22)24(30)26-13-8-14-28(3)37(34,35)23-12-7-5-10-20(23)29(32)33/h4-7,9-12,16-17,19H,8,13-15H2,1-3H3,(H,26,30)(H,27,31)/t19-/m0/s1. The number of rotatable bonds is 12. The van der Waals surface area contributed by atoms with Gasteiger partial charge in [-0.15, -0.1) is 11.3 Å². The fourth-order valence-electron chi connectivity index (χ4n) is 3.78. The molecule has 0 aliphatic carbocycles. The molecule has 0 aliphatic rings. The number of nitrogens with one attached hydrogen (secondary N) is 2. The second-order valence-corrected chi connectivity index (χ2v) is 12.1. The van der Waals surface area contributed by atoms with Crippen LogP contribution >= 0.6 is 11.3 Å². The summed E-state index contributed by atoms with van der Waals surface area (Å²) in [5.41, 5.74) is -0.492. The number of carbonyl (C=O) groups is 2. The normalized spacial score (nSPS) is 12.6. The van der Waals surface area contributed by atoms with Crippen molar-refractivity contribution in [1.82, 2.24) is 14.9 Å². The molecule has 3 rings (SSSR count). The summed E-state index contributed by atoms with van der Waals surface area (Å²) in [6.07, 6.45) is 0.717. The fraction of sp³-hybridized carbons (Fsp3) is 0.360. The third-order valence-corrected chi connectivity index (χ3v) is 8.70. The summed E-state index contributed by atoms with van der Waals surface area (Å²) >= 11 is 1.36. The van der Waals surface area contributed by atoms with Crippen molar-refractivity contribution in [3.63, 3.8) is 0 Å². The van der Waals surface area contributed by atoms with E-state index in [4.69, 9.17) is 0 Å². The molecule has 198 valence electrons. The molecule has 0 unspecified atom stereocenters. The summed E-state index contributed by atoms with van der Waals surface area (Å²) in [5, 5.41) is 17.8. The van der Waals surface area contributed by atoms with Crippen molar-refractivity contribution in [2.24, 2.45) is 5.92 Å². The Morgan fingerprint density at radius 1 is 1.11 bits per heavy atom. The Morgan fingerprint density at radius 2 is 1.78 bits per heavy atom. The Balaban J connectivity index is 1.57. The van der Waals surface area contributed by atoms with Gasteiger partial charge in [0.1, 0.15) is 6.04 Å². The van der Waals surface area contributed by atoms with Crippen LogP contribution in [0.4, 0.5) is 5.69 Å². The van der Waals surface area contributed by atoms with Crippen molar-refractivity contribution in [1.29, 1.82) is 0 Å². The van der Waals surface area contributed by atoms with Gasteiger partial charge in [0, 0.05) is 30.9 Å². The van der Waals surface area contributed by atoms with E-state index in [2.05, 4.69) is 10.6 Å². The quantitative estimate of drug-likeness (QED) is 0.201. The first-order valence-electron chi connectivity index (χ1n) is 11.8. The van der Waals surface area contributed by atoms with E-state index >= 15 is 0 Å². The van der Waals surface area contributed by atoms with Crippen LogP contribution in [0.1, 0.15) is 36.4 Å². The van der Waals surface area contributed by atoms with Gasteiger partial charge in [-0.2, -0.15) is 0 Å². The van der Waals surface area contributed by atoms with Crippen molar-refractivity contribution >= 4 is 48.9 Å². The number of nitro groups is 1. The van der Waals surface area contributed by atoms with Crippen LogP contribution in [0.3, 0.4) is 0 Å². The number of benzene rings is 2. The number of para-hydroxylation sites is 1. The van der Waals surface area contributed by atoms with E-state index in [1.54, 1.807) is 6.07 Å². The Kier molecular flexibility index (Phi) is 9.35. The molecule has 2 N–H and O–H groups in total. The largest absolute Gasteiger partial charge is 0.354 e. The highest BCUT2D eigenvalue weighted by molar-refractivity contribution is 7.89. The smallest absolute Gasteiger partial charge is 0.289 e. The van der Waals surface area contributed by atoms with Crippen LogP contribution in [-0.2, 0) is 14.8 Å². The number of amides is 2. The highest BCUT2D eigenvalue weighted by atomic mass is 32.2. The van der Waals surface area contributed by atoms with Gasteiger partial charge in [-0.05, 0) is 42.3 Å². The Bertz CT molecular complexity index is 1350. The molecule has 0 radical (unpaired) electrons. The van der Waals surface area contributed by atoms with E-state index in [0.717, 1.165) is 20.5 Å². The lowest BCUT2D eigenvalue weighted by molar-refractivity contribution is -0.387. The number of hydrogen-bond donors (Lipinski definition) is 2. The molecular weight excluding hydrogens is 516 g/mol. The fourth-order valence-corrected chi connectivity index (χ4v) is 6.11. The maximum Gasteiger partial charge on any atom is 0.289 e. The van der Waals surface area contributed by atoms with Gasteiger partial charge in [-0.1, -0.05) is 44.2 Å². The molecule has 0 fully saturated rings. The first kappa shape index (κ1) is 28.2. The molecule has 0 saturated carbocycles. The lowest BCUT2D eigenvalue weighted by Gasteiger charge is -2.21. The molecule has 0 bridgehead atoms. The first-order chi connectivity index (χ1) is 17.5. The van der Waals surface area contributed by atoms with Crippen LogP contribution in [0.2, 0.25) is 0 Å². The Labute approximate surface area is 219 Å². The summed E-state index contributed by atoms with van der Waals surface area (Å²) in [6, 6.07) is 13.9. The molecule has 37 heavy (non-hydrogen) atoms. The molecule has 1 atom stereocenters. The number of nitrogens with zero attached hydrogens (tertiary/aromatic N) is 2. The van der Waals surface area contributed by atoms with E-state index in [9.17, 15) is 28.1 Å². The van der Waals surface area contributed by atoms with Crippen molar-refractivity contribution in [2.75, 3.05) is 20.1 Å². The monoisotopic (exact) mass is 546 g/mol. The molecule has 2 amide bonds. The second kappa shape index (κ2) is 12.3. The molecule has 3 aromatic rings. The van der Waals surface area contributed by atoms with Gasteiger partial charge in [0.15, 0.2) is 4.90 Å². The van der Waals surface area contributed by atoms with Crippen LogP contribution in [0, 0.1) is 16.0 Å². The van der Waals surface area contributed by atoms with Gasteiger partial charge in [0.05, 0.1) is 9.80 Å². The van der Waals surface area contributed by atoms with E-state index < -0.39 is 26.7 Å². The molecule has 0 spiro atoms. The van der Waals surface area contributed by atoms with Crippen LogP contribution in [0.15, 0.2) is 59.5 Å². The maximum absolute atomic E-state index is 12.9. The maximum atomic E-state index is 12.9. The average Bonchev–Trinajstić information content (AvgIpc) is 3.30. The van der Waals surface area contributed by atoms with Gasteiger partial charge in [0.25, 0.3) is 11.6 Å². The van der Waals surface area contributed by atoms with Crippen LogP contribution in [0.25, 0.3) is 10.1 Å². The SMILES string of the molecule is CC(C)C[C@H](NC(=O)c1cc2ccccc2s1)C(=O)NCCCN(C)S(=O)(=O)c1ccccc1[N+](=O)[O-]. The third-order valence-electron chi connectivity index (χ3n) is 5.68. The van der Waals surface area contributed by atoms with Crippen molar-refractivity contribution in [3.05, 3.63) is 69.6 Å². The first-order valence-corrected chi connectivity index (χ1v) is 14.0. The highest BCUT2D eigenvalue weighted by Gasteiger charge is 2.29. The highest BCUT2D eigenvalue weighted by Crippen LogP contribution is 2.26. The Morgan fingerprint density at radius 3 is 2.46 bits per heavy atom. The predicted molar refractivity (Wildman–Crippen MR) is 143 cm³/mol.